The highest BCUT2D eigenvalue weighted by Gasteiger charge is 2.35. The van der Waals surface area contributed by atoms with E-state index in [1.165, 1.54) is 0 Å². The first kappa shape index (κ1) is 22.7. The minimum Gasteiger partial charge on any atom is -0.481 e. The molecule has 3 aromatic rings. The Morgan fingerprint density at radius 2 is 1.36 bits per heavy atom. The van der Waals surface area contributed by atoms with E-state index in [4.69, 9.17) is 11.6 Å². The molecule has 7 heteroatoms. The summed E-state index contributed by atoms with van der Waals surface area (Å²) < 4.78 is 0. The third-order valence-electron chi connectivity index (χ3n) is 5.91. The van der Waals surface area contributed by atoms with Gasteiger partial charge in [0.25, 0.3) is 11.8 Å². The Bertz CT molecular complexity index is 1160. The van der Waals surface area contributed by atoms with Gasteiger partial charge in [0, 0.05) is 11.6 Å². The molecule has 3 aromatic carbocycles. The lowest BCUT2D eigenvalue weighted by Gasteiger charge is -2.20. The van der Waals surface area contributed by atoms with Gasteiger partial charge in [-0.05, 0) is 53.8 Å². The second kappa shape index (κ2) is 9.57. The van der Waals surface area contributed by atoms with Crippen LogP contribution in [0.15, 0.2) is 72.8 Å². The van der Waals surface area contributed by atoms with Gasteiger partial charge in [0.2, 0.25) is 0 Å². The highest BCUT2D eigenvalue weighted by atomic mass is 35.5. The van der Waals surface area contributed by atoms with Crippen molar-refractivity contribution in [2.75, 3.05) is 6.54 Å². The minimum atomic E-state index is -1.08. The van der Waals surface area contributed by atoms with E-state index in [0.29, 0.717) is 21.7 Å². The molecule has 0 bridgehead atoms. The Hall–Kier alpha value is -3.48. The third-order valence-corrected chi connectivity index (χ3v) is 6.16. The van der Waals surface area contributed by atoms with Crippen LogP contribution >= 0.6 is 11.6 Å². The normalized spacial score (nSPS) is 14.8. The van der Waals surface area contributed by atoms with Crippen LogP contribution in [-0.4, -0.2) is 39.4 Å². The Kier molecular flexibility index (Phi) is 6.58. The lowest BCUT2D eigenvalue weighted by molar-refractivity contribution is -0.143. The average Bonchev–Trinajstić information content (AvgIpc) is 3.07. The van der Waals surface area contributed by atoms with Gasteiger partial charge in [0.1, 0.15) is 0 Å². The number of rotatable bonds is 8. The van der Waals surface area contributed by atoms with Crippen molar-refractivity contribution < 1.29 is 24.6 Å². The van der Waals surface area contributed by atoms with E-state index in [0.717, 1.165) is 16.0 Å². The number of aliphatic carboxylic acids is 1. The van der Waals surface area contributed by atoms with Crippen LogP contribution in [0.1, 0.15) is 45.2 Å². The molecule has 0 radical (unpaired) electrons. The van der Waals surface area contributed by atoms with Crippen LogP contribution in [0.3, 0.4) is 0 Å². The van der Waals surface area contributed by atoms with Crippen LogP contribution < -0.4 is 0 Å². The van der Waals surface area contributed by atoms with Gasteiger partial charge in [0.15, 0.2) is 0 Å². The highest BCUT2D eigenvalue weighted by Crippen LogP contribution is 2.29. The summed E-state index contributed by atoms with van der Waals surface area (Å²) in [4.78, 5) is 37.9. The molecule has 1 heterocycles. The van der Waals surface area contributed by atoms with Crippen LogP contribution in [0, 0.1) is 5.92 Å². The van der Waals surface area contributed by atoms with Gasteiger partial charge >= 0.3 is 5.97 Å². The van der Waals surface area contributed by atoms with Gasteiger partial charge in [-0.3, -0.25) is 19.3 Å². The zero-order valence-electron chi connectivity index (χ0n) is 17.6. The lowest BCUT2D eigenvalue weighted by atomic mass is 9.93. The number of aliphatic hydroxyl groups is 1. The van der Waals surface area contributed by atoms with E-state index in [9.17, 15) is 24.6 Å². The number of carboxylic acid groups (broad SMARTS) is 1. The van der Waals surface area contributed by atoms with Crippen molar-refractivity contribution >= 4 is 29.4 Å². The molecule has 6 nitrogen and oxygen atoms in total. The quantitative estimate of drug-likeness (QED) is 0.467. The molecule has 2 atom stereocenters. The molecule has 0 saturated heterocycles. The summed E-state index contributed by atoms with van der Waals surface area (Å²) >= 11 is 5.93. The van der Waals surface area contributed by atoms with Crippen molar-refractivity contribution in [3.8, 4) is 11.1 Å². The van der Waals surface area contributed by atoms with E-state index >= 15 is 0 Å². The first-order valence-corrected chi connectivity index (χ1v) is 10.9. The molecular formula is C26H22ClNO5. The van der Waals surface area contributed by atoms with Gasteiger partial charge < -0.3 is 10.2 Å². The number of aliphatic hydroxyl groups excluding tert-OH is 1. The Balaban J connectivity index is 1.40. The van der Waals surface area contributed by atoms with Gasteiger partial charge in [0.05, 0.1) is 23.1 Å². The standard InChI is InChI=1S/C26H22ClNO5/c27-20-11-9-17(10-12-20)16-5-7-18(8-6-16)23(29)15-19(26(32)33)13-14-28-24(30)21-3-1-2-4-22(21)25(28)31/h1-12,19,23,29H,13-15H2,(H,32,33)/t19-,23-/m0/s1. The Morgan fingerprint density at radius 1 is 0.848 bits per heavy atom. The van der Waals surface area contributed by atoms with E-state index in [1.807, 2.05) is 24.3 Å². The van der Waals surface area contributed by atoms with Gasteiger partial charge in [-0.2, -0.15) is 0 Å². The zero-order chi connectivity index (χ0) is 23.5. The Labute approximate surface area is 196 Å². The topological polar surface area (TPSA) is 94.9 Å². The fourth-order valence-corrected chi connectivity index (χ4v) is 4.14. The predicted octanol–water partition coefficient (Wildman–Crippen LogP) is 4.82. The second-order valence-corrected chi connectivity index (χ2v) is 8.45. The number of amides is 2. The molecular weight excluding hydrogens is 442 g/mol. The first-order chi connectivity index (χ1) is 15.8. The van der Waals surface area contributed by atoms with E-state index < -0.39 is 29.8 Å². The fourth-order valence-electron chi connectivity index (χ4n) is 4.01. The zero-order valence-corrected chi connectivity index (χ0v) is 18.4. The van der Waals surface area contributed by atoms with Gasteiger partial charge in [-0.15, -0.1) is 0 Å². The van der Waals surface area contributed by atoms with Crippen LogP contribution in [0.2, 0.25) is 5.02 Å². The molecule has 0 unspecified atom stereocenters. The fraction of sp³-hybridized carbons (Fsp3) is 0.192. The summed E-state index contributed by atoms with van der Waals surface area (Å²) in [6, 6.07) is 21.2. The van der Waals surface area contributed by atoms with Crippen molar-refractivity contribution in [2.24, 2.45) is 5.92 Å². The highest BCUT2D eigenvalue weighted by molar-refractivity contribution is 6.30. The monoisotopic (exact) mass is 463 g/mol. The van der Waals surface area contributed by atoms with E-state index in [2.05, 4.69) is 0 Å². The number of hydrogen-bond donors (Lipinski definition) is 2. The summed E-state index contributed by atoms with van der Waals surface area (Å²) in [5, 5.41) is 20.9. The lowest BCUT2D eigenvalue weighted by Crippen LogP contribution is -2.33. The first-order valence-electron chi connectivity index (χ1n) is 10.6. The van der Waals surface area contributed by atoms with Gasteiger partial charge in [-0.1, -0.05) is 60.1 Å². The SMILES string of the molecule is O=C(O)[C@@H](CCN1C(=O)c2ccccc2C1=O)C[C@H](O)c1ccc(-c2ccc(Cl)cc2)cc1. The smallest absolute Gasteiger partial charge is 0.306 e. The molecule has 0 aliphatic carbocycles. The summed E-state index contributed by atoms with van der Waals surface area (Å²) in [5.41, 5.74) is 3.18. The maximum Gasteiger partial charge on any atom is 0.306 e. The van der Waals surface area contributed by atoms with E-state index in [-0.39, 0.29) is 19.4 Å². The second-order valence-electron chi connectivity index (χ2n) is 8.01. The van der Waals surface area contributed by atoms with Crippen molar-refractivity contribution in [1.82, 2.24) is 4.90 Å². The van der Waals surface area contributed by atoms with Crippen molar-refractivity contribution in [3.63, 3.8) is 0 Å². The molecule has 0 aromatic heterocycles. The molecule has 0 saturated carbocycles. The maximum atomic E-state index is 12.5. The number of halogens is 1. The number of hydrogen-bond acceptors (Lipinski definition) is 4. The molecule has 33 heavy (non-hydrogen) atoms. The average molecular weight is 464 g/mol. The molecule has 2 amide bonds. The van der Waals surface area contributed by atoms with Crippen molar-refractivity contribution in [2.45, 2.75) is 18.9 Å². The third kappa shape index (κ3) is 4.82. The van der Waals surface area contributed by atoms with Crippen molar-refractivity contribution in [3.05, 3.63) is 94.5 Å². The number of benzene rings is 3. The molecule has 1 aliphatic rings. The largest absolute Gasteiger partial charge is 0.481 e. The summed E-state index contributed by atoms with van der Waals surface area (Å²) in [6.07, 6.45) is -0.966. The van der Waals surface area contributed by atoms with Crippen molar-refractivity contribution in [1.29, 1.82) is 0 Å². The molecule has 1 aliphatic heterocycles. The maximum absolute atomic E-state index is 12.5. The van der Waals surface area contributed by atoms with E-state index in [1.54, 1.807) is 48.5 Å². The number of carbonyl (C=O) groups excluding carboxylic acids is 2. The van der Waals surface area contributed by atoms with Crippen LogP contribution in [-0.2, 0) is 4.79 Å². The molecule has 0 fully saturated rings. The van der Waals surface area contributed by atoms with Crippen LogP contribution in [0.25, 0.3) is 11.1 Å². The molecule has 4 rings (SSSR count). The number of carboxylic acids is 1. The summed E-state index contributed by atoms with van der Waals surface area (Å²) in [5.74, 6) is -2.83. The number of nitrogens with zero attached hydrogens (tertiary/aromatic N) is 1. The van der Waals surface area contributed by atoms with Crippen LogP contribution in [0.4, 0.5) is 0 Å². The van der Waals surface area contributed by atoms with Gasteiger partial charge in [-0.25, -0.2) is 0 Å². The Morgan fingerprint density at radius 3 is 1.88 bits per heavy atom. The number of carbonyl (C=O) groups is 3. The molecule has 168 valence electrons. The summed E-state index contributed by atoms with van der Waals surface area (Å²) in [7, 11) is 0. The predicted molar refractivity (Wildman–Crippen MR) is 124 cm³/mol. The summed E-state index contributed by atoms with van der Waals surface area (Å²) in [6.45, 7) is -0.0223. The molecule has 2 N–H and O–H groups in total. The van der Waals surface area contributed by atoms with Crippen LogP contribution in [0.5, 0.6) is 0 Å². The minimum absolute atomic E-state index is 0.0223. The molecule has 0 spiro atoms. The number of imide groups is 1. The number of fused-ring (bicyclic) bond motifs is 1.